The van der Waals surface area contributed by atoms with E-state index in [2.05, 4.69) is 36.0 Å². The second-order valence-corrected chi connectivity index (χ2v) is 21.4. The van der Waals surface area contributed by atoms with Crippen LogP contribution in [0.5, 0.6) is 0 Å². The van der Waals surface area contributed by atoms with E-state index in [0.717, 1.165) is 66.5 Å². The van der Waals surface area contributed by atoms with Crippen LogP contribution in [-0.4, -0.2) is 115 Å². The van der Waals surface area contributed by atoms with Gasteiger partial charge in [0.25, 0.3) is 11.8 Å². The Bertz CT molecular complexity index is 3080. The molecule has 0 aliphatic carbocycles. The third kappa shape index (κ3) is 16.7. The Balaban J connectivity index is 0.770. The number of anilines is 2. The van der Waals surface area contributed by atoms with E-state index in [1.165, 1.54) is 34.1 Å². The summed E-state index contributed by atoms with van der Waals surface area (Å²) in [6.45, 7) is 6.86. The zero-order chi connectivity index (χ0) is 56.9. The summed E-state index contributed by atoms with van der Waals surface area (Å²) in [6, 6.07) is 16.3. The third-order valence-corrected chi connectivity index (χ3v) is 14.4. The fourth-order valence-corrected chi connectivity index (χ4v) is 9.86. The number of likely N-dealkylation sites (tertiary alicyclic amines) is 1. The molecule has 7 rings (SSSR count). The lowest BCUT2D eigenvalue weighted by Crippen LogP contribution is -2.50. The van der Waals surface area contributed by atoms with Crippen LogP contribution < -0.4 is 21.7 Å². The van der Waals surface area contributed by atoms with Crippen LogP contribution in [0.1, 0.15) is 128 Å². The Morgan fingerprint density at radius 2 is 1.63 bits per heavy atom. The van der Waals surface area contributed by atoms with Crippen molar-refractivity contribution in [2.24, 2.45) is 17.1 Å². The molecular formula is C56H65F3N10O9S. The summed E-state index contributed by atoms with van der Waals surface area (Å²) in [5.41, 5.74) is 10.4. The first-order valence-electron chi connectivity index (χ1n) is 26.1. The van der Waals surface area contributed by atoms with Gasteiger partial charge in [0.05, 0.1) is 39.8 Å². The van der Waals surface area contributed by atoms with Crippen LogP contribution in [0.15, 0.2) is 89.2 Å². The van der Waals surface area contributed by atoms with E-state index >= 15 is 0 Å². The quantitative estimate of drug-likeness (QED) is 0.0238. The molecule has 4 amide bonds. The predicted molar refractivity (Wildman–Crippen MR) is 289 cm³/mol. The monoisotopic (exact) mass is 1110 g/mol. The number of amides is 4. The van der Waals surface area contributed by atoms with Crippen LogP contribution in [-0.2, 0) is 25.7 Å². The molecule has 79 heavy (non-hydrogen) atoms. The number of nitrogens with zero attached hydrogens (tertiary/aromatic N) is 6. The van der Waals surface area contributed by atoms with Gasteiger partial charge in [-0.2, -0.15) is 18.3 Å². The van der Waals surface area contributed by atoms with Crippen LogP contribution in [0.3, 0.4) is 0 Å². The number of nitrogens with one attached hydrogen (secondary N) is 3. The number of carbonyl (C=O) groups is 6. The second kappa shape index (κ2) is 26.8. The first-order valence-corrected chi connectivity index (χ1v) is 26.9. The van der Waals surface area contributed by atoms with Crippen molar-refractivity contribution in [1.82, 2.24) is 34.9 Å². The maximum atomic E-state index is 14.0. The van der Waals surface area contributed by atoms with Crippen molar-refractivity contribution >= 4 is 58.0 Å². The summed E-state index contributed by atoms with van der Waals surface area (Å²) in [5, 5.41) is 22.5. The Morgan fingerprint density at radius 1 is 0.924 bits per heavy atom. The number of aliphatic hydroxyl groups excluding tert-OH is 1. The molecule has 19 nitrogen and oxygen atoms in total. The number of hydrogen-bond donors (Lipinski definition) is 5. The summed E-state index contributed by atoms with van der Waals surface area (Å²) in [4.78, 5) is 93.9. The number of carbonyl (C=O) groups excluding carboxylic acids is 6. The minimum atomic E-state index is -4.46. The van der Waals surface area contributed by atoms with Crippen molar-refractivity contribution in [2.75, 3.05) is 36.9 Å². The average Bonchev–Trinajstić information content (AvgIpc) is 4.29. The van der Waals surface area contributed by atoms with Gasteiger partial charge in [-0.3, -0.25) is 28.8 Å². The molecular weight excluding hydrogens is 1050 g/mol. The molecule has 4 aromatic heterocycles. The Labute approximate surface area is 458 Å². The fourth-order valence-electron chi connectivity index (χ4n) is 9.05. The van der Waals surface area contributed by atoms with Crippen molar-refractivity contribution in [2.45, 2.75) is 117 Å². The molecule has 0 saturated carbocycles. The van der Waals surface area contributed by atoms with E-state index < -0.39 is 48.0 Å². The van der Waals surface area contributed by atoms with E-state index in [1.807, 2.05) is 52.0 Å². The number of ether oxygens (including phenoxy) is 1. The second-order valence-electron chi connectivity index (χ2n) is 20.6. The zero-order valence-electron chi connectivity index (χ0n) is 44.4. The molecule has 6 N–H and O–H groups in total. The Kier molecular flexibility index (Phi) is 20.0. The molecule has 1 saturated heterocycles. The molecule has 5 heterocycles. The normalized spacial score (nSPS) is 15.0. The number of ketones is 2. The molecule has 23 heteroatoms. The van der Waals surface area contributed by atoms with Gasteiger partial charge in [0.15, 0.2) is 23.0 Å². The number of benzene rings is 2. The Hall–Kier alpha value is -7.63. The van der Waals surface area contributed by atoms with Crippen molar-refractivity contribution < 1.29 is 56.2 Å². The lowest BCUT2D eigenvalue weighted by Gasteiger charge is -2.34. The number of pyridine rings is 1. The molecule has 420 valence electrons. The average molecular weight is 1110 g/mol. The highest BCUT2D eigenvalue weighted by atomic mass is 32.1. The number of halogens is 3. The number of unbranched alkanes of at least 4 members (excludes halogenated alkanes) is 6. The first-order chi connectivity index (χ1) is 37.6. The molecule has 0 unspecified atom stereocenters. The number of aromatic nitrogens is 5. The maximum Gasteiger partial charge on any atom is 0.405 e. The molecule has 1 fully saturated rings. The van der Waals surface area contributed by atoms with Crippen LogP contribution in [0.25, 0.3) is 27.6 Å². The van der Waals surface area contributed by atoms with E-state index in [0.29, 0.717) is 30.7 Å². The number of β-amino-alcohol motifs (C(OH)–C–C–N with tert-alkyl or cyclic N) is 1. The molecule has 0 spiro atoms. The van der Waals surface area contributed by atoms with Gasteiger partial charge >= 0.3 is 6.18 Å². The fraction of sp³-hybridized carbons (Fsp3) is 0.429. The van der Waals surface area contributed by atoms with Gasteiger partial charge in [0, 0.05) is 62.2 Å². The molecule has 1 aliphatic heterocycles. The smallest absolute Gasteiger partial charge is 0.405 e. The highest BCUT2D eigenvalue weighted by Crippen LogP contribution is 2.34. The van der Waals surface area contributed by atoms with Gasteiger partial charge in [0.2, 0.25) is 17.7 Å². The van der Waals surface area contributed by atoms with Crippen molar-refractivity contribution in [3.8, 4) is 27.6 Å². The number of Topliss-reactive ketones (excluding diaryl/α,β-unsaturated/α-hetero) is 2. The van der Waals surface area contributed by atoms with Crippen molar-refractivity contribution in [1.29, 1.82) is 0 Å². The lowest BCUT2D eigenvalue weighted by atomic mass is 9.77. The van der Waals surface area contributed by atoms with Crippen molar-refractivity contribution in [3.63, 3.8) is 0 Å². The number of primary amides is 1. The van der Waals surface area contributed by atoms with Crippen LogP contribution in [0.2, 0.25) is 0 Å². The van der Waals surface area contributed by atoms with Crippen LogP contribution in [0, 0.1) is 18.3 Å². The highest BCUT2D eigenvalue weighted by Gasteiger charge is 2.44. The largest absolute Gasteiger partial charge is 0.444 e. The summed E-state index contributed by atoms with van der Waals surface area (Å²) in [6.07, 6.45) is 4.90. The number of rotatable bonds is 27. The van der Waals surface area contributed by atoms with Gasteiger partial charge in [0.1, 0.15) is 31.3 Å². The van der Waals surface area contributed by atoms with Gasteiger partial charge < -0.3 is 40.8 Å². The summed E-state index contributed by atoms with van der Waals surface area (Å²) in [5.74, 6) is -3.51. The lowest BCUT2D eigenvalue weighted by molar-refractivity contribution is -0.146. The number of thiazole rings is 1. The zero-order valence-corrected chi connectivity index (χ0v) is 45.3. The van der Waals surface area contributed by atoms with E-state index in [9.17, 15) is 47.0 Å². The van der Waals surface area contributed by atoms with Gasteiger partial charge in [-0.05, 0) is 72.7 Å². The van der Waals surface area contributed by atoms with Crippen molar-refractivity contribution in [3.05, 3.63) is 113 Å². The van der Waals surface area contributed by atoms with Crippen LogP contribution >= 0.6 is 11.3 Å². The number of aliphatic hydroxyl groups is 1. The first kappa shape index (κ1) is 59.0. The SMILES string of the molecule is Cc1ncsc1-c1ccc(CNC(=O)[C@@H]2C[C@@H](O)CN2C(=O)[C@@H](CC(=O)COCCCCCCCCCC(=O)c2ccc(-n3cc(NC(=O)c4coc(-c5ccnc(NCC(F)(F)F)c5)n4)c(C(N)=O)n3)cc2)C(C)(C)C)cc1. The van der Waals surface area contributed by atoms with E-state index in [4.69, 9.17) is 14.9 Å². The number of hydrogen-bond acceptors (Lipinski definition) is 15. The van der Waals surface area contributed by atoms with E-state index in [-0.39, 0.29) is 90.3 Å². The van der Waals surface area contributed by atoms with Gasteiger partial charge in [-0.1, -0.05) is 77.1 Å². The topological polar surface area (TPSA) is 267 Å². The predicted octanol–water partition coefficient (Wildman–Crippen LogP) is 8.90. The summed E-state index contributed by atoms with van der Waals surface area (Å²) >= 11 is 1.56. The molecule has 6 aromatic rings. The summed E-state index contributed by atoms with van der Waals surface area (Å²) in [7, 11) is 0. The number of aryl methyl sites for hydroxylation is 1. The van der Waals surface area contributed by atoms with E-state index in [1.54, 1.807) is 41.1 Å². The molecule has 3 atom stereocenters. The number of alkyl halides is 3. The minimum Gasteiger partial charge on any atom is -0.444 e. The maximum absolute atomic E-state index is 14.0. The highest BCUT2D eigenvalue weighted by molar-refractivity contribution is 7.13. The standard InChI is InChI=1S/C56H65F3N10O9S/c1-34-49(79-33-64-34)37-15-13-35(14-16-37)27-62-52(75)45-26-40(70)28-68(45)54(76)42(55(2,3)4)25-41(71)30-77-23-11-9-7-5-6-8-10-12-46(72)36-17-19-39(20-18-36)69-29-43(48(67-69)50(60)73)65-51(74)44-31-78-53(66-44)38-21-22-61-47(24-38)63-32-56(57,58)59/h13-22,24,29,31,33,40,42,45,70H,5-12,23,25-28,30,32H2,1-4H3,(H2,60,73)(H,61,63)(H,62,75)(H,65,74)/t40-,42-,45+/m1/s1. The van der Waals surface area contributed by atoms with Gasteiger partial charge in [-0.25, -0.2) is 19.6 Å². The molecule has 0 bridgehead atoms. The molecule has 2 aromatic carbocycles. The van der Waals surface area contributed by atoms with Crippen LogP contribution in [0.4, 0.5) is 24.7 Å². The van der Waals surface area contributed by atoms with Gasteiger partial charge in [-0.15, -0.1) is 11.3 Å². The number of nitrogens with two attached hydrogens (primary N) is 1. The third-order valence-electron chi connectivity index (χ3n) is 13.4. The number of oxazole rings is 1. The Morgan fingerprint density at radius 3 is 2.30 bits per heavy atom. The summed E-state index contributed by atoms with van der Waals surface area (Å²) < 4.78 is 50.4. The molecule has 1 aliphatic rings. The minimum absolute atomic E-state index is 0.0113. The molecule has 0 radical (unpaired) electrons.